The van der Waals surface area contributed by atoms with Crippen LogP contribution >= 0.6 is 24.2 Å². The molecule has 24 heavy (non-hydrogen) atoms. The summed E-state index contributed by atoms with van der Waals surface area (Å²) in [5.41, 5.74) is 2.19. The van der Waals surface area contributed by atoms with Gasteiger partial charge in [0.25, 0.3) is 0 Å². The highest BCUT2D eigenvalue weighted by atomic mass is 35.5. The lowest BCUT2D eigenvalue weighted by Gasteiger charge is -2.23. The predicted octanol–water partition coefficient (Wildman–Crippen LogP) is 3.60. The summed E-state index contributed by atoms with van der Waals surface area (Å²) in [6, 6.07) is 8.37. The van der Waals surface area contributed by atoms with Gasteiger partial charge in [0, 0.05) is 35.7 Å². The fourth-order valence-corrected chi connectivity index (χ4v) is 4.47. The van der Waals surface area contributed by atoms with Crippen molar-refractivity contribution in [3.05, 3.63) is 29.8 Å². The first-order chi connectivity index (χ1) is 11.3. The molecule has 1 unspecified atom stereocenters. The zero-order valence-corrected chi connectivity index (χ0v) is 15.6. The minimum absolute atomic E-state index is 0. The third-order valence-corrected chi connectivity index (χ3v) is 5.87. The van der Waals surface area contributed by atoms with Crippen molar-refractivity contribution in [2.45, 2.75) is 49.1 Å². The average Bonchev–Trinajstić information content (AvgIpc) is 3.07. The molecule has 1 saturated carbocycles. The SMILES string of the molecule is Cl.O=C(CC1COCCN1)Nc1cccc(CSC2CCCC2)c1. The van der Waals surface area contributed by atoms with Gasteiger partial charge in [-0.2, -0.15) is 11.8 Å². The number of rotatable bonds is 6. The number of hydrogen-bond acceptors (Lipinski definition) is 4. The predicted molar refractivity (Wildman–Crippen MR) is 103 cm³/mol. The van der Waals surface area contributed by atoms with E-state index in [1.165, 1.54) is 31.2 Å². The number of benzene rings is 1. The number of carbonyl (C=O) groups is 1. The molecule has 3 rings (SSSR count). The molecule has 1 aliphatic carbocycles. The molecule has 1 aromatic rings. The van der Waals surface area contributed by atoms with Crippen LogP contribution in [0.5, 0.6) is 0 Å². The summed E-state index contributed by atoms with van der Waals surface area (Å²) in [6.45, 7) is 2.18. The second kappa shape index (κ2) is 10.3. The Balaban J connectivity index is 0.00000208. The number of anilines is 1. The number of morpholine rings is 1. The second-order valence-corrected chi connectivity index (χ2v) is 7.68. The van der Waals surface area contributed by atoms with E-state index >= 15 is 0 Å². The Morgan fingerprint density at radius 2 is 2.17 bits per heavy atom. The molecule has 0 radical (unpaired) electrons. The largest absolute Gasteiger partial charge is 0.378 e. The fourth-order valence-electron chi connectivity index (χ4n) is 3.19. The molecule has 0 aromatic heterocycles. The minimum Gasteiger partial charge on any atom is -0.378 e. The Bertz CT molecular complexity index is 517. The van der Waals surface area contributed by atoms with Crippen molar-refractivity contribution in [3.63, 3.8) is 0 Å². The van der Waals surface area contributed by atoms with E-state index in [2.05, 4.69) is 34.5 Å². The third kappa shape index (κ3) is 6.28. The van der Waals surface area contributed by atoms with Crippen LogP contribution in [0.2, 0.25) is 0 Å². The molecular weight excluding hydrogens is 344 g/mol. The van der Waals surface area contributed by atoms with Crippen molar-refractivity contribution in [1.82, 2.24) is 5.32 Å². The molecule has 1 aromatic carbocycles. The molecule has 4 nitrogen and oxygen atoms in total. The first-order valence-electron chi connectivity index (χ1n) is 8.61. The van der Waals surface area contributed by atoms with Gasteiger partial charge in [-0.1, -0.05) is 25.0 Å². The van der Waals surface area contributed by atoms with Crippen LogP contribution in [0.4, 0.5) is 5.69 Å². The van der Waals surface area contributed by atoms with Gasteiger partial charge in [0.2, 0.25) is 5.91 Å². The molecule has 2 N–H and O–H groups in total. The van der Waals surface area contributed by atoms with Crippen LogP contribution in [-0.2, 0) is 15.3 Å². The van der Waals surface area contributed by atoms with Gasteiger partial charge in [-0.3, -0.25) is 4.79 Å². The summed E-state index contributed by atoms with van der Waals surface area (Å²) >= 11 is 2.05. The number of nitrogens with one attached hydrogen (secondary N) is 2. The average molecular weight is 371 g/mol. The van der Waals surface area contributed by atoms with Gasteiger partial charge < -0.3 is 15.4 Å². The fraction of sp³-hybridized carbons (Fsp3) is 0.611. The second-order valence-electron chi connectivity index (χ2n) is 6.40. The molecule has 1 atom stereocenters. The summed E-state index contributed by atoms with van der Waals surface area (Å²) in [4.78, 5) is 12.1. The number of halogens is 1. The van der Waals surface area contributed by atoms with Gasteiger partial charge in [-0.25, -0.2) is 0 Å². The first kappa shape index (κ1) is 19.6. The van der Waals surface area contributed by atoms with E-state index in [4.69, 9.17) is 4.74 Å². The molecule has 1 saturated heterocycles. The van der Waals surface area contributed by atoms with E-state index in [9.17, 15) is 4.79 Å². The lowest BCUT2D eigenvalue weighted by Crippen LogP contribution is -2.43. The zero-order chi connectivity index (χ0) is 15.9. The molecule has 1 aliphatic heterocycles. The van der Waals surface area contributed by atoms with Gasteiger partial charge in [0.15, 0.2) is 0 Å². The van der Waals surface area contributed by atoms with Crippen LogP contribution in [0.1, 0.15) is 37.7 Å². The molecule has 1 amide bonds. The normalized spacial score (nSPS) is 21.2. The summed E-state index contributed by atoms with van der Waals surface area (Å²) in [6.07, 6.45) is 5.94. The Morgan fingerprint density at radius 3 is 2.92 bits per heavy atom. The molecule has 134 valence electrons. The van der Waals surface area contributed by atoms with Crippen molar-refractivity contribution in [3.8, 4) is 0 Å². The Morgan fingerprint density at radius 1 is 1.33 bits per heavy atom. The maximum absolute atomic E-state index is 12.1. The third-order valence-electron chi connectivity index (χ3n) is 4.43. The van der Waals surface area contributed by atoms with Crippen LogP contribution in [0.25, 0.3) is 0 Å². The number of thioether (sulfide) groups is 1. The highest BCUT2D eigenvalue weighted by molar-refractivity contribution is 7.99. The van der Waals surface area contributed by atoms with Crippen molar-refractivity contribution >= 4 is 35.8 Å². The van der Waals surface area contributed by atoms with Crippen LogP contribution in [0.3, 0.4) is 0 Å². The lowest BCUT2D eigenvalue weighted by molar-refractivity contribution is -0.117. The van der Waals surface area contributed by atoms with Gasteiger partial charge in [-0.05, 0) is 30.5 Å². The van der Waals surface area contributed by atoms with Crippen LogP contribution in [0, 0.1) is 0 Å². The van der Waals surface area contributed by atoms with Gasteiger partial charge >= 0.3 is 0 Å². The minimum atomic E-state index is 0. The van der Waals surface area contributed by atoms with Crippen LogP contribution < -0.4 is 10.6 Å². The standard InChI is InChI=1S/C18H26N2O2S.ClH/c21-18(11-16-12-22-9-8-19-16)20-15-5-3-4-14(10-15)13-23-17-6-1-2-7-17;/h3-5,10,16-17,19H,1-2,6-9,11-13H2,(H,20,21);1H. The van der Waals surface area contributed by atoms with Crippen molar-refractivity contribution < 1.29 is 9.53 Å². The molecule has 2 aliphatic rings. The van der Waals surface area contributed by atoms with E-state index in [0.29, 0.717) is 13.0 Å². The molecule has 1 heterocycles. The number of amides is 1. The Hall–Kier alpha value is -0.750. The topological polar surface area (TPSA) is 50.4 Å². The van der Waals surface area contributed by atoms with Crippen LogP contribution in [-0.4, -0.2) is 37.0 Å². The van der Waals surface area contributed by atoms with Crippen molar-refractivity contribution in [2.24, 2.45) is 0 Å². The molecule has 0 spiro atoms. The summed E-state index contributed by atoms with van der Waals surface area (Å²) in [5, 5.41) is 7.15. The lowest BCUT2D eigenvalue weighted by atomic mass is 10.1. The molecule has 0 bridgehead atoms. The highest BCUT2D eigenvalue weighted by Crippen LogP contribution is 2.31. The van der Waals surface area contributed by atoms with E-state index in [1.54, 1.807) is 0 Å². The quantitative estimate of drug-likeness (QED) is 0.803. The highest BCUT2D eigenvalue weighted by Gasteiger charge is 2.17. The van der Waals surface area contributed by atoms with Gasteiger partial charge in [-0.15, -0.1) is 12.4 Å². The van der Waals surface area contributed by atoms with E-state index in [1.807, 2.05) is 12.1 Å². The maximum atomic E-state index is 12.1. The van der Waals surface area contributed by atoms with Crippen molar-refractivity contribution in [2.75, 3.05) is 25.1 Å². The number of carbonyl (C=O) groups excluding carboxylic acids is 1. The Labute approximate surface area is 154 Å². The van der Waals surface area contributed by atoms with Crippen molar-refractivity contribution in [1.29, 1.82) is 0 Å². The molecular formula is C18H27ClN2O2S. The van der Waals surface area contributed by atoms with Gasteiger partial charge in [0.05, 0.1) is 13.2 Å². The van der Waals surface area contributed by atoms with E-state index in [-0.39, 0.29) is 24.4 Å². The smallest absolute Gasteiger partial charge is 0.226 e. The number of hydrogen-bond donors (Lipinski definition) is 2. The van der Waals surface area contributed by atoms with E-state index < -0.39 is 0 Å². The van der Waals surface area contributed by atoms with Gasteiger partial charge in [0.1, 0.15) is 0 Å². The Kier molecular flexibility index (Phi) is 8.39. The maximum Gasteiger partial charge on any atom is 0.226 e. The summed E-state index contributed by atoms with van der Waals surface area (Å²) < 4.78 is 5.39. The molecule has 6 heteroatoms. The number of ether oxygens (including phenoxy) is 1. The summed E-state index contributed by atoms with van der Waals surface area (Å²) in [5.74, 6) is 1.08. The monoisotopic (exact) mass is 370 g/mol. The first-order valence-corrected chi connectivity index (χ1v) is 9.66. The zero-order valence-electron chi connectivity index (χ0n) is 14.0. The molecule has 2 fully saturated rings. The van der Waals surface area contributed by atoms with E-state index in [0.717, 1.165) is 29.8 Å². The van der Waals surface area contributed by atoms with Crippen LogP contribution in [0.15, 0.2) is 24.3 Å². The summed E-state index contributed by atoms with van der Waals surface area (Å²) in [7, 11) is 0.